The van der Waals surface area contributed by atoms with Crippen molar-refractivity contribution in [2.24, 2.45) is 5.41 Å². The van der Waals surface area contributed by atoms with Crippen LogP contribution in [0, 0.1) is 5.41 Å². The van der Waals surface area contributed by atoms with Gasteiger partial charge in [-0.05, 0) is 22.6 Å². The van der Waals surface area contributed by atoms with Gasteiger partial charge in [-0.1, -0.05) is 51.1 Å². The van der Waals surface area contributed by atoms with Gasteiger partial charge in [-0.25, -0.2) is 0 Å². The molecule has 0 fully saturated rings. The summed E-state index contributed by atoms with van der Waals surface area (Å²) in [6, 6.07) is 9.68. The molecule has 150 valence electrons. The van der Waals surface area contributed by atoms with Crippen molar-refractivity contribution in [2.45, 2.75) is 39.3 Å². The molecule has 2 rings (SSSR count). The van der Waals surface area contributed by atoms with Crippen molar-refractivity contribution >= 4 is 17.8 Å². The quantitative estimate of drug-likeness (QED) is 0.681. The molecule has 0 aliphatic carbocycles. The predicted molar refractivity (Wildman–Crippen MR) is 107 cm³/mol. The lowest BCUT2D eigenvalue weighted by Gasteiger charge is -2.31. The standard InChI is InChI=1S/C21H27N3O4/c1-21(2,3)18(20(28)22-4)23-19(27)16(12-17(25)26)24-11-10-15(13-24)14-8-6-5-7-9-14/h5-11,13,16,18H,12H2,1-4H3,(H,22,28)(H,23,27)(H,25,26)/t16-,18-/m1/s1. The van der Waals surface area contributed by atoms with Gasteiger partial charge in [-0.15, -0.1) is 0 Å². The second-order valence-electron chi connectivity index (χ2n) is 7.75. The number of aromatic nitrogens is 1. The molecule has 0 aliphatic heterocycles. The summed E-state index contributed by atoms with van der Waals surface area (Å²) in [5.74, 6) is -1.93. The van der Waals surface area contributed by atoms with Gasteiger partial charge in [0, 0.05) is 19.4 Å². The van der Waals surface area contributed by atoms with E-state index in [2.05, 4.69) is 10.6 Å². The van der Waals surface area contributed by atoms with E-state index in [-0.39, 0.29) is 12.3 Å². The number of aliphatic carboxylic acids is 1. The highest BCUT2D eigenvalue weighted by Gasteiger charge is 2.35. The number of benzene rings is 1. The molecule has 0 bridgehead atoms. The lowest BCUT2D eigenvalue weighted by molar-refractivity contribution is -0.141. The third-order valence-corrected chi connectivity index (χ3v) is 4.51. The fourth-order valence-electron chi connectivity index (χ4n) is 2.97. The molecule has 0 unspecified atom stereocenters. The van der Waals surface area contributed by atoms with Crippen LogP contribution in [0.1, 0.15) is 33.2 Å². The monoisotopic (exact) mass is 385 g/mol. The van der Waals surface area contributed by atoms with Gasteiger partial charge in [0.2, 0.25) is 11.8 Å². The van der Waals surface area contributed by atoms with Crippen molar-refractivity contribution in [3.63, 3.8) is 0 Å². The van der Waals surface area contributed by atoms with Crippen molar-refractivity contribution in [2.75, 3.05) is 7.05 Å². The van der Waals surface area contributed by atoms with Crippen molar-refractivity contribution in [3.05, 3.63) is 48.8 Å². The topological polar surface area (TPSA) is 100 Å². The summed E-state index contributed by atoms with van der Waals surface area (Å²) in [5.41, 5.74) is 1.31. The zero-order valence-corrected chi connectivity index (χ0v) is 16.6. The molecule has 3 N–H and O–H groups in total. The van der Waals surface area contributed by atoms with E-state index < -0.39 is 29.4 Å². The number of carboxylic acid groups (broad SMARTS) is 1. The number of carboxylic acids is 1. The zero-order valence-electron chi connectivity index (χ0n) is 16.6. The second kappa shape index (κ2) is 8.73. The minimum atomic E-state index is -1.10. The Morgan fingerprint density at radius 2 is 1.68 bits per heavy atom. The fraction of sp³-hybridized carbons (Fsp3) is 0.381. The van der Waals surface area contributed by atoms with Crippen LogP contribution < -0.4 is 10.6 Å². The average molecular weight is 385 g/mol. The van der Waals surface area contributed by atoms with Crippen LogP contribution in [0.25, 0.3) is 11.1 Å². The van der Waals surface area contributed by atoms with Crippen LogP contribution in [0.2, 0.25) is 0 Å². The van der Waals surface area contributed by atoms with E-state index in [0.717, 1.165) is 11.1 Å². The second-order valence-corrected chi connectivity index (χ2v) is 7.75. The van der Waals surface area contributed by atoms with Gasteiger partial charge in [0.05, 0.1) is 6.42 Å². The molecule has 0 saturated carbocycles. The molecule has 2 atom stereocenters. The van der Waals surface area contributed by atoms with Crippen LogP contribution in [-0.4, -0.2) is 40.5 Å². The molecule has 0 aliphatic rings. The van der Waals surface area contributed by atoms with Crippen LogP contribution in [0.3, 0.4) is 0 Å². The maximum Gasteiger partial charge on any atom is 0.306 e. The van der Waals surface area contributed by atoms with Gasteiger partial charge in [0.25, 0.3) is 0 Å². The van der Waals surface area contributed by atoms with E-state index in [1.165, 1.54) is 7.05 Å². The molecule has 2 aromatic rings. The molecular weight excluding hydrogens is 358 g/mol. The van der Waals surface area contributed by atoms with Gasteiger partial charge in [-0.2, -0.15) is 0 Å². The Hall–Kier alpha value is -3.09. The lowest BCUT2D eigenvalue weighted by Crippen LogP contribution is -2.54. The van der Waals surface area contributed by atoms with E-state index in [0.29, 0.717) is 0 Å². The average Bonchev–Trinajstić information content (AvgIpc) is 3.12. The molecule has 28 heavy (non-hydrogen) atoms. The number of nitrogens with one attached hydrogen (secondary N) is 2. The number of carbonyl (C=O) groups excluding carboxylic acids is 2. The number of nitrogens with zero attached hydrogens (tertiary/aromatic N) is 1. The van der Waals surface area contributed by atoms with E-state index >= 15 is 0 Å². The Labute approximate surface area is 164 Å². The highest BCUT2D eigenvalue weighted by Crippen LogP contribution is 2.24. The Morgan fingerprint density at radius 3 is 2.21 bits per heavy atom. The maximum atomic E-state index is 12.9. The van der Waals surface area contributed by atoms with Crippen molar-refractivity contribution in [1.29, 1.82) is 0 Å². The largest absolute Gasteiger partial charge is 0.481 e. The summed E-state index contributed by atoms with van der Waals surface area (Å²) >= 11 is 0. The predicted octanol–water partition coefficient (Wildman–Crippen LogP) is 2.45. The third-order valence-electron chi connectivity index (χ3n) is 4.51. The van der Waals surface area contributed by atoms with Crippen LogP contribution in [0.15, 0.2) is 48.8 Å². The van der Waals surface area contributed by atoms with Crippen LogP contribution in [0.4, 0.5) is 0 Å². The molecule has 2 amide bonds. The van der Waals surface area contributed by atoms with Gasteiger partial charge in [-0.3, -0.25) is 14.4 Å². The summed E-state index contributed by atoms with van der Waals surface area (Å²) in [6.07, 6.45) is 3.04. The summed E-state index contributed by atoms with van der Waals surface area (Å²) in [4.78, 5) is 36.5. The van der Waals surface area contributed by atoms with E-state index in [9.17, 15) is 19.5 Å². The summed E-state index contributed by atoms with van der Waals surface area (Å²) in [5, 5.41) is 14.6. The molecule has 1 heterocycles. The van der Waals surface area contributed by atoms with Crippen LogP contribution in [-0.2, 0) is 14.4 Å². The third kappa shape index (κ3) is 5.22. The summed E-state index contributed by atoms with van der Waals surface area (Å²) in [6.45, 7) is 5.51. The highest BCUT2D eigenvalue weighted by molar-refractivity contribution is 5.91. The Kier molecular flexibility index (Phi) is 6.62. The first-order valence-corrected chi connectivity index (χ1v) is 9.10. The molecule has 0 saturated heterocycles. The Bertz CT molecular complexity index is 837. The van der Waals surface area contributed by atoms with E-state index in [1.54, 1.807) is 17.0 Å². The number of likely N-dealkylation sites (N-methyl/N-ethyl adjacent to an activating group) is 1. The molecule has 0 spiro atoms. The first-order chi connectivity index (χ1) is 13.1. The molecule has 0 radical (unpaired) electrons. The molecule has 7 nitrogen and oxygen atoms in total. The van der Waals surface area contributed by atoms with Crippen LogP contribution in [0.5, 0.6) is 0 Å². The highest BCUT2D eigenvalue weighted by atomic mass is 16.4. The number of hydrogen-bond donors (Lipinski definition) is 3. The number of rotatable bonds is 7. The molecule has 7 heteroatoms. The van der Waals surface area contributed by atoms with Gasteiger partial charge >= 0.3 is 5.97 Å². The van der Waals surface area contributed by atoms with Crippen molar-refractivity contribution in [3.8, 4) is 11.1 Å². The molecule has 1 aromatic heterocycles. The number of hydrogen-bond acceptors (Lipinski definition) is 3. The van der Waals surface area contributed by atoms with Crippen molar-refractivity contribution in [1.82, 2.24) is 15.2 Å². The maximum absolute atomic E-state index is 12.9. The van der Waals surface area contributed by atoms with Crippen molar-refractivity contribution < 1.29 is 19.5 Å². The number of carbonyl (C=O) groups is 3. The molecular formula is C21H27N3O4. The summed E-state index contributed by atoms with van der Waals surface area (Å²) in [7, 11) is 1.50. The lowest BCUT2D eigenvalue weighted by atomic mass is 9.86. The normalized spacial score (nSPS) is 13.4. The molecule has 1 aromatic carbocycles. The van der Waals surface area contributed by atoms with Gasteiger partial charge < -0.3 is 20.3 Å². The van der Waals surface area contributed by atoms with Gasteiger partial charge in [0.15, 0.2) is 0 Å². The zero-order chi connectivity index (χ0) is 20.9. The summed E-state index contributed by atoms with van der Waals surface area (Å²) < 4.78 is 1.58. The van der Waals surface area contributed by atoms with E-state index in [1.807, 2.05) is 57.2 Å². The van der Waals surface area contributed by atoms with Crippen LogP contribution >= 0.6 is 0 Å². The number of amides is 2. The fourth-order valence-corrected chi connectivity index (χ4v) is 2.97. The Morgan fingerprint density at radius 1 is 1.04 bits per heavy atom. The first-order valence-electron chi connectivity index (χ1n) is 9.10. The minimum absolute atomic E-state index is 0.326. The van der Waals surface area contributed by atoms with E-state index in [4.69, 9.17) is 0 Å². The smallest absolute Gasteiger partial charge is 0.306 e. The Balaban J connectivity index is 2.30. The minimum Gasteiger partial charge on any atom is -0.481 e. The SMILES string of the molecule is CNC(=O)[C@@H](NC(=O)[C@@H](CC(=O)O)n1ccc(-c2ccccc2)c1)C(C)(C)C. The first kappa shape index (κ1) is 21.2. The van der Waals surface area contributed by atoms with Gasteiger partial charge in [0.1, 0.15) is 12.1 Å².